The van der Waals surface area contributed by atoms with E-state index < -0.39 is 0 Å². The van der Waals surface area contributed by atoms with Crippen LogP contribution in [0.4, 0.5) is 5.69 Å². The minimum Gasteiger partial charge on any atom is -0.396 e. The van der Waals surface area contributed by atoms with Crippen LogP contribution in [0, 0.1) is 0 Å². The molecule has 0 radical (unpaired) electrons. The lowest BCUT2D eigenvalue weighted by Gasteiger charge is -2.17. The quantitative estimate of drug-likeness (QED) is 0.912. The Hall–Kier alpha value is -0.870. The third-order valence-corrected chi connectivity index (χ3v) is 2.67. The van der Waals surface area contributed by atoms with E-state index in [9.17, 15) is 4.79 Å². The Morgan fingerprint density at radius 2 is 2.00 bits per heavy atom. The van der Waals surface area contributed by atoms with Crippen LogP contribution in [-0.4, -0.2) is 24.7 Å². The Morgan fingerprint density at radius 1 is 1.40 bits per heavy atom. The first-order valence-electron chi connectivity index (χ1n) is 4.78. The summed E-state index contributed by atoms with van der Waals surface area (Å²) in [5, 5.41) is 8.63. The van der Waals surface area contributed by atoms with Crippen LogP contribution in [-0.2, 0) is 4.79 Å². The molecule has 1 rings (SSSR count). The van der Waals surface area contributed by atoms with E-state index >= 15 is 0 Å². The predicted octanol–water partition coefficient (Wildman–Crippen LogP) is 2.18. The second kappa shape index (κ2) is 5.88. The Morgan fingerprint density at radius 3 is 2.53 bits per heavy atom. The average Bonchev–Trinajstić information content (AvgIpc) is 2.26. The SMILES string of the molecule is CN(C(=O)CCCO)c1ccc(Br)cc1. The van der Waals surface area contributed by atoms with Crippen molar-refractivity contribution < 1.29 is 9.90 Å². The number of aliphatic hydroxyl groups is 1. The van der Waals surface area contributed by atoms with E-state index in [1.54, 1.807) is 11.9 Å². The largest absolute Gasteiger partial charge is 0.396 e. The van der Waals surface area contributed by atoms with E-state index in [4.69, 9.17) is 5.11 Å². The first-order chi connectivity index (χ1) is 7.15. The lowest BCUT2D eigenvalue weighted by atomic mass is 10.2. The molecule has 0 spiro atoms. The van der Waals surface area contributed by atoms with Crippen molar-refractivity contribution >= 4 is 27.5 Å². The summed E-state index contributed by atoms with van der Waals surface area (Å²) in [7, 11) is 1.74. The number of hydrogen-bond donors (Lipinski definition) is 1. The van der Waals surface area contributed by atoms with Crippen LogP contribution >= 0.6 is 15.9 Å². The van der Waals surface area contributed by atoms with Gasteiger partial charge in [-0.1, -0.05) is 15.9 Å². The molecule has 0 saturated carbocycles. The zero-order valence-corrected chi connectivity index (χ0v) is 10.2. The fraction of sp³-hybridized carbons (Fsp3) is 0.364. The summed E-state index contributed by atoms with van der Waals surface area (Å²) in [6, 6.07) is 7.54. The Bertz CT molecular complexity index is 324. The topological polar surface area (TPSA) is 40.5 Å². The highest BCUT2D eigenvalue weighted by Gasteiger charge is 2.09. The molecule has 0 heterocycles. The zero-order valence-electron chi connectivity index (χ0n) is 8.61. The highest BCUT2D eigenvalue weighted by atomic mass is 79.9. The van der Waals surface area contributed by atoms with Gasteiger partial charge >= 0.3 is 0 Å². The summed E-state index contributed by atoms with van der Waals surface area (Å²) in [4.78, 5) is 13.2. The molecule has 0 bridgehead atoms. The van der Waals surface area contributed by atoms with Gasteiger partial charge in [0.05, 0.1) is 0 Å². The maximum atomic E-state index is 11.6. The van der Waals surface area contributed by atoms with E-state index in [2.05, 4.69) is 15.9 Å². The predicted molar refractivity (Wildman–Crippen MR) is 63.9 cm³/mol. The molecule has 0 aromatic heterocycles. The van der Waals surface area contributed by atoms with Crippen molar-refractivity contribution in [3.8, 4) is 0 Å². The number of rotatable bonds is 4. The molecule has 0 unspecified atom stereocenters. The zero-order chi connectivity index (χ0) is 11.3. The number of carbonyl (C=O) groups is 1. The molecule has 0 atom stereocenters. The van der Waals surface area contributed by atoms with Gasteiger partial charge in [0.25, 0.3) is 0 Å². The maximum absolute atomic E-state index is 11.6. The highest BCUT2D eigenvalue weighted by Crippen LogP contribution is 2.17. The normalized spacial score (nSPS) is 10.1. The smallest absolute Gasteiger partial charge is 0.226 e. The van der Waals surface area contributed by atoms with Gasteiger partial charge in [-0.25, -0.2) is 0 Å². The molecule has 1 aromatic rings. The van der Waals surface area contributed by atoms with Gasteiger partial charge in [0, 0.05) is 30.2 Å². The Labute approximate surface area is 97.8 Å². The third kappa shape index (κ3) is 3.64. The number of aliphatic hydroxyl groups excluding tert-OH is 1. The summed E-state index contributed by atoms with van der Waals surface area (Å²) >= 11 is 3.34. The van der Waals surface area contributed by atoms with E-state index in [1.165, 1.54) is 0 Å². The fourth-order valence-electron chi connectivity index (χ4n) is 1.21. The van der Waals surface area contributed by atoms with Crippen molar-refractivity contribution in [2.75, 3.05) is 18.6 Å². The maximum Gasteiger partial charge on any atom is 0.226 e. The number of benzene rings is 1. The van der Waals surface area contributed by atoms with Crippen molar-refractivity contribution in [2.45, 2.75) is 12.8 Å². The lowest BCUT2D eigenvalue weighted by molar-refractivity contribution is -0.118. The van der Waals surface area contributed by atoms with Crippen LogP contribution in [0.2, 0.25) is 0 Å². The third-order valence-electron chi connectivity index (χ3n) is 2.14. The molecular weight excluding hydrogens is 258 g/mol. The van der Waals surface area contributed by atoms with E-state index in [0.29, 0.717) is 12.8 Å². The van der Waals surface area contributed by atoms with Gasteiger partial charge in [-0.2, -0.15) is 0 Å². The van der Waals surface area contributed by atoms with E-state index in [0.717, 1.165) is 10.2 Å². The monoisotopic (exact) mass is 271 g/mol. The van der Waals surface area contributed by atoms with Crippen LogP contribution in [0.15, 0.2) is 28.7 Å². The molecule has 1 aromatic carbocycles. The number of nitrogens with zero attached hydrogens (tertiary/aromatic N) is 1. The fourth-order valence-corrected chi connectivity index (χ4v) is 1.47. The summed E-state index contributed by atoms with van der Waals surface area (Å²) in [5.74, 6) is 0.0198. The van der Waals surface area contributed by atoms with Gasteiger partial charge in [-0.05, 0) is 30.7 Å². The Kier molecular flexibility index (Phi) is 4.78. The molecule has 15 heavy (non-hydrogen) atoms. The molecule has 4 heteroatoms. The van der Waals surface area contributed by atoms with Crippen LogP contribution in [0.3, 0.4) is 0 Å². The molecule has 0 aliphatic carbocycles. The van der Waals surface area contributed by atoms with Crippen LogP contribution in [0.5, 0.6) is 0 Å². The first-order valence-corrected chi connectivity index (χ1v) is 5.57. The molecule has 3 nitrogen and oxygen atoms in total. The van der Waals surface area contributed by atoms with Crippen molar-refractivity contribution in [1.82, 2.24) is 0 Å². The van der Waals surface area contributed by atoms with E-state index in [-0.39, 0.29) is 12.5 Å². The summed E-state index contributed by atoms with van der Waals surface area (Å²) in [5.41, 5.74) is 0.862. The second-order valence-corrected chi connectivity index (χ2v) is 4.17. The highest BCUT2D eigenvalue weighted by molar-refractivity contribution is 9.10. The first kappa shape index (κ1) is 12.2. The minimum atomic E-state index is 0.0198. The number of halogens is 1. The van der Waals surface area contributed by atoms with Crippen molar-refractivity contribution in [3.63, 3.8) is 0 Å². The summed E-state index contributed by atoms with van der Waals surface area (Å²) in [6.45, 7) is 0.0555. The van der Waals surface area contributed by atoms with Gasteiger partial charge < -0.3 is 10.0 Å². The number of amides is 1. The van der Waals surface area contributed by atoms with Crippen LogP contribution < -0.4 is 4.90 Å². The van der Waals surface area contributed by atoms with Crippen LogP contribution in [0.25, 0.3) is 0 Å². The van der Waals surface area contributed by atoms with Gasteiger partial charge in [-0.15, -0.1) is 0 Å². The van der Waals surface area contributed by atoms with Crippen molar-refractivity contribution in [2.24, 2.45) is 0 Å². The van der Waals surface area contributed by atoms with Crippen LogP contribution in [0.1, 0.15) is 12.8 Å². The van der Waals surface area contributed by atoms with E-state index in [1.807, 2.05) is 24.3 Å². The number of hydrogen-bond acceptors (Lipinski definition) is 2. The molecule has 82 valence electrons. The van der Waals surface area contributed by atoms with Gasteiger partial charge in [0.2, 0.25) is 5.91 Å². The molecule has 0 fully saturated rings. The standard InChI is InChI=1S/C11H14BrNO2/c1-13(11(15)3-2-8-14)10-6-4-9(12)5-7-10/h4-7,14H,2-3,8H2,1H3. The molecule has 0 aliphatic heterocycles. The molecule has 0 saturated heterocycles. The molecular formula is C11H14BrNO2. The molecule has 1 amide bonds. The van der Waals surface area contributed by atoms with Gasteiger partial charge in [0.15, 0.2) is 0 Å². The second-order valence-electron chi connectivity index (χ2n) is 3.26. The lowest BCUT2D eigenvalue weighted by Crippen LogP contribution is -2.25. The molecule has 0 aliphatic rings. The summed E-state index contributed by atoms with van der Waals surface area (Å²) in [6.07, 6.45) is 0.892. The number of carbonyl (C=O) groups excluding carboxylic acids is 1. The van der Waals surface area contributed by atoms with Gasteiger partial charge in [0.1, 0.15) is 0 Å². The van der Waals surface area contributed by atoms with Crippen molar-refractivity contribution in [3.05, 3.63) is 28.7 Å². The molecule has 1 N–H and O–H groups in total. The summed E-state index contributed by atoms with van der Waals surface area (Å²) < 4.78 is 0.988. The Balaban J connectivity index is 2.63. The van der Waals surface area contributed by atoms with Crippen molar-refractivity contribution in [1.29, 1.82) is 0 Å². The average molecular weight is 272 g/mol. The van der Waals surface area contributed by atoms with Gasteiger partial charge in [-0.3, -0.25) is 4.79 Å². The minimum absolute atomic E-state index is 0.0198. The number of anilines is 1.